The van der Waals surface area contributed by atoms with Crippen molar-refractivity contribution in [1.82, 2.24) is 15.0 Å². The van der Waals surface area contributed by atoms with Gasteiger partial charge in [0.05, 0.1) is 6.10 Å². The van der Waals surface area contributed by atoms with E-state index in [1.165, 1.54) is 12.3 Å². The van der Waals surface area contributed by atoms with E-state index in [9.17, 15) is 14.7 Å². The Labute approximate surface area is 119 Å². The second kappa shape index (κ2) is 5.13. The van der Waals surface area contributed by atoms with Crippen molar-refractivity contribution in [2.75, 3.05) is 18.0 Å². The Morgan fingerprint density at radius 2 is 2.10 bits per heavy atom. The summed E-state index contributed by atoms with van der Waals surface area (Å²) in [6.07, 6.45) is 2.50. The summed E-state index contributed by atoms with van der Waals surface area (Å²) < 4.78 is 0. The summed E-state index contributed by atoms with van der Waals surface area (Å²) in [5.41, 5.74) is -0.713. The predicted molar refractivity (Wildman–Crippen MR) is 74.6 cm³/mol. The number of carboxylic acids is 1. The van der Waals surface area contributed by atoms with Crippen molar-refractivity contribution in [3.05, 3.63) is 28.2 Å². The minimum Gasteiger partial charge on any atom is -0.477 e. The van der Waals surface area contributed by atoms with Gasteiger partial charge in [0.1, 0.15) is 11.2 Å². The largest absolute Gasteiger partial charge is 0.477 e. The normalized spacial score (nSPS) is 16.3. The van der Waals surface area contributed by atoms with Gasteiger partial charge in [-0.15, -0.1) is 0 Å². The molecule has 0 radical (unpaired) electrons. The molecule has 0 bridgehead atoms. The number of aromatic amines is 1. The molecule has 1 saturated heterocycles. The van der Waals surface area contributed by atoms with Crippen molar-refractivity contribution >= 4 is 23.0 Å². The van der Waals surface area contributed by atoms with E-state index in [1.54, 1.807) is 0 Å². The van der Waals surface area contributed by atoms with Gasteiger partial charge >= 0.3 is 5.97 Å². The maximum absolute atomic E-state index is 11.7. The Kier molecular flexibility index (Phi) is 3.30. The molecule has 3 rings (SSSR count). The summed E-state index contributed by atoms with van der Waals surface area (Å²) >= 11 is 0. The zero-order valence-corrected chi connectivity index (χ0v) is 11.1. The average Bonchev–Trinajstić information content (AvgIpc) is 2.46. The lowest BCUT2D eigenvalue weighted by Crippen LogP contribution is -2.36. The fourth-order valence-electron chi connectivity index (χ4n) is 2.36. The number of anilines is 1. The van der Waals surface area contributed by atoms with E-state index >= 15 is 0 Å². The highest BCUT2D eigenvalue weighted by Crippen LogP contribution is 2.18. The van der Waals surface area contributed by atoms with Crippen molar-refractivity contribution in [3.8, 4) is 0 Å². The van der Waals surface area contributed by atoms with Gasteiger partial charge in [0.25, 0.3) is 5.56 Å². The summed E-state index contributed by atoms with van der Waals surface area (Å²) in [4.78, 5) is 35.4. The fraction of sp³-hybridized carbons (Fsp3) is 0.385. The van der Waals surface area contributed by atoms with Gasteiger partial charge in [-0.05, 0) is 18.9 Å². The minimum atomic E-state index is -1.28. The van der Waals surface area contributed by atoms with Crippen LogP contribution in [0.5, 0.6) is 0 Å². The molecule has 8 heteroatoms. The average molecular weight is 290 g/mol. The van der Waals surface area contributed by atoms with Crippen LogP contribution in [-0.4, -0.2) is 50.3 Å². The van der Waals surface area contributed by atoms with Crippen LogP contribution >= 0.6 is 0 Å². The van der Waals surface area contributed by atoms with Crippen molar-refractivity contribution in [2.45, 2.75) is 18.9 Å². The number of pyridine rings is 1. The number of aliphatic hydroxyl groups is 1. The lowest BCUT2D eigenvalue weighted by atomic mass is 10.1. The van der Waals surface area contributed by atoms with Gasteiger partial charge in [-0.3, -0.25) is 4.79 Å². The molecule has 0 atom stereocenters. The summed E-state index contributed by atoms with van der Waals surface area (Å²) in [5, 5.41) is 18.9. The first-order chi connectivity index (χ1) is 10.0. The molecule has 1 aliphatic heterocycles. The molecule has 1 aliphatic rings. The number of H-pyrrole nitrogens is 1. The van der Waals surface area contributed by atoms with Crippen LogP contribution in [0.25, 0.3) is 11.0 Å². The van der Waals surface area contributed by atoms with Gasteiger partial charge in [-0.1, -0.05) is 0 Å². The fourth-order valence-corrected chi connectivity index (χ4v) is 2.36. The molecule has 0 unspecified atom stereocenters. The molecule has 0 saturated carbocycles. The van der Waals surface area contributed by atoms with Crippen LogP contribution in [-0.2, 0) is 0 Å². The number of rotatable bonds is 2. The molecule has 21 heavy (non-hydrogen) atoms. The lowest BCUT2D eigenvalue weighted by molar-refractivity contribution is 0.0695. The van der Waals surface area contributed by atoms with Gasteiger partial charge in [0.15, 0.2) is 0 Å². The molecule has 1 fully saturated rings. The van der Waals surface area contributed by atoms with E-state index in [-0.39, 0.29) is 11.7 Å². The maximum atomic E-state index is 11.7. The topological polar surface area (TPSA) is 119 Å². The molecular weight excluding hydrogens is 276 g/mol. The van der Waals surface area contributed by atoms with Gasteiger partial charge in [0, 0.05) is 24.7 Å². The maximum Gasteiger partial charge on any atom is 0.341 e. The number of aliphatic hydroxyl groups excluding tert-OH is 1. The van der Waals surface area contributed by atoms with Crippen LogP contribution in [0.1, 0.15) is 23.2 Å². The standard InChI is InChI=1S/C13H14N4O4/c18-8-1-3-17(4-2-8)13-14-6-7-5-9(12(20)21)11(19)15-10(7)16-13/h5-6,8,18H,1-4H2,(H,20,21)(H,14,15,16,19). The van der Waals surface area contributed by atoms with E-state index in [2.05, 4.69) is 15.0 Å². The third kappa shape index (κ3) is 2.57. The van der Waals surface area contributed by atoms with Gasteiger partial charge < -0.3 is 20.1 Å². The van der Waals surface area contributed by atoms with Crippen molar-refractivity contribution in [3.63, 3.8) is 0 Å². The summed E-state index contributed by atoms with van der Waals surface area (Å²) in [6.45, 7) is 1.29. The van der Waals surface area contributed by atoms with E-state index in [1.807, 2.05) is 4.90 Å². The number of aromatic nitrogens is 3. The molecule has 0 aliphatic carbocycles. The quantitative estimate of drug-likeness (QED) is 0.710. The number of carboxylic acid groups (broad SMARTS) is 1. The molecular formula is C13H14N4O4. The third-order valence-corrected chi connectivity index (χ3v) is 3.56. The minimum absolute atomic E-state index is 0.292. The predicted octanol–water partition coefficient (Wildman–Crippen LogP) is -0.0226. The lowest BCUT2D eigenvalue weighted by Gasteiger charge is -2.29. The molecule has 0 aromatic carbocycles. The number of nitrogens with one attached hydrogen (secondary N) is 1. The number of aromatic carboxylic acids is 1. The van der Waals surface area contributed by atoms with Crippen molar-refractivity contribution < 1.29 is 15.0 Å². The van der Waals surface area contributed by atoms with Crippen molar-refractivity contribution in [1.29, 1.82) is 0 Å². The summed E-state index contributed by atoms with van der Waals surface area (Å²) in [6, 6.07) is 1.26. The Balaban J connectivity index is 1.99. The van der Waals surface area contributed by atoms with Crippen LogP contribution in [0, 0.1) is 0 Å². The number of piperidine rings is 1. The van der Waals surface area contributed by atoms with Crippen LogP contribution in [0.15, 0.2) is 17.1 Å². The van der Waals surface area contributed by atoms with E-state index in [0.717, 1.165) is 0 Å². The van der Waals surface area contributed by atoms with Crippen LogP contribution < -0.4 is 10.5 Å². The number of hydrogen-bond donors (Lipinski definition) is 3. The molecule has 2 aromatic heterocycles. The zero-order chi connectivity index (χ0) is 15.0. The molecule has 3 N–H and O–H groups in total. The summed E-state index contributed by atoms with van der Waals surface area (Å²) in [5.74, 6) is -0.819. The SMILES string of the molecule is O=C(O)c1cc2cnc(N3CCC(O)CC3)nc2[nH]c1=O. The Hall–Kier alpha value is -2.48. The molecule has 8 nitrogen and oxygen atoms in total. The molecule has 0 amide bonds. The van der Waals surface area contributed by atoms with Gasteiger partial charge in [-0.2, -0.15) is 4.98 Å². The first-order valence-electron chi connectivity index (χ1n) is 6.61. The van der Waals surface area contributed by atoms with E-state index in [0.29, 0.717) is 42.9 Å². The third-order valence-electron chi connectivity index (χ3n) is 3.56. The Morgan fingerprint density at radius 1 is 1.38 bits per heavy atom. The second-order valence-electron chi connectivity index (χ2n) is 5.01. The molecule has 2 aromatic rings. The monoisotopic (exact) mass is 290 g/mol. The zero-order valence-electron chi connectivity index (χ0n) is 11.1. The smallest absolute Gasteiger partial charge is 0.341 e. The molecule has 0 spiro atoms. The molecule has 3 heterocycles. The molecule has 110 valence electrons. The second-order valence-corrected chi connectivity index (χ2v) is 5.01. The van der Waals surface area contributed by atoms with Gasteiger partial charge in [0.2, 0.25) is 5.95 Å². The first-order valence-corrected chi connectivity index (χ1v) is 6.61. The van der Waals surface area contributed by atoms with Crippen molar-refractivity contribution in [2.24, 2.45) is 0 Å². The van der Waals surface area contributed by atoms with Crippen LogP contribution in [0.4, 0.5) is 5.95 Å². The van der Waals surface area contributed by atoms with E-state index < -0.39 is 11.5 Å². The number of carbonyl (C=O) groups is 1. The number of hydrogen-bond acceptors (Lipinski definition) is 6. The highest BCUT2D eigenvalue weighted by atomic mass is 16.4. The number of nitrogens with zero attached hydrogens (tertiary/aromatic N) is 3. The van der Waals surface area contributed by atoms with Crippen LogP contribution in [0.3, 0.4) is 0 Å². The highest BCUT2D eigenvalue weighted by Gasteiger charge is 2.19. The Bertz CT molecular complexity index is 749. The highest BCUT2D eigenvalue weighted by molar-refractivity contribution is 5.91. The number of fused-ring (bicyclic) bond motifs is 1. The Morgan fingerprint density at radius 3 is 2.76 bits per heavy atom. The first kappa shape index (κ1) is 13.5. The summed E-state index contributed by atoms with van der Waals surface area (Å²) in [7, 11) is 0. The van der Waals surface area contributed by atoms with Crippen LogP contribution in [0.2, 0.25) is 0 Å². The van der Waals surface area contributed by atoms with Gasteiger partial charge in [-0.25, -0.2) is 9.78 Å². The van der Waals surface area contributed by atoms with E-state index in [4.69, 9.17) is 5.11 Å².